The predicted molar refractivity (Wildman–Crippen MR) is 99.8 cm³/mol. The molecule has 2 amide bonds. The fourth-order valence-corrected chi connectivity index (χ4v) is 2.33. The van der Waals surface area contributed by atoms with E-state index in [1.165, 1.54) is 24.1 Å². The second-order valence-corrected chi connectivity index (χ2v) is 6.32. The number of halogens is 3. The van der Waals surface area contributed by atoms with Crippen LogP contribution >= 0.6 is 0 Å². The standard InChI is InChI=1S/C20H21F3N2O4/c1-25(2)18(26)12-29-16-8-7-13(9-17(16)28-3)11-24-19(27)14-5-4-6-15(10-14)20(21,22)23/h4-10H,11-12H2,1-3H3,(H,24,27). The van der Waals surface area contributed by atoms with Gasteiger partial charge >= 0.3 is 6.18 Å². The summed E-state index contributed by atoms with van der Waals surface area (Å²) in [5.74, 6) is -0.130. The second kappa shape index (κ2) is 9.31. The van der Waals surface area contributed by atoms with Gasteiger partial charge in [-0.3, -0.25) is 9.59 Å². The first-order valence-electron chi connectivity index (χ1n) is 8.57. The molecule has 0 unspecified atom stereocenters. The van der Waals surface area contributed by atoms with E-state index in [1.54, 1.807) is 32.3 Å². The van der Waals surface area contributed by atoms with Crippen LogP contribution in [0.5, 0.6) is 11.5 Å². The number of hydrogen-bond donors (Lipinski definition) is 1. The van der Waals surface area contributed by atoms with Crippen LogP contribution in [0.2, 0.25) is 0 Å². The summed E-state index contributed by atoms with van der Waals surface area (Å²) in [5.41, 5.74) is -0.331. The largest absolute Gasteiger partial charge is 0.493 e. The lowest BCUT2D eigenvalue weighted by molar-refractivity contribution is -0.137. The minimum atomic E-state index is -4.52. The fraction of sp³-hybridized carbons (Fsp3) is 0.300. The molecule has 29 heavy (non-hydrogen) atoms. The third-order valence-electron chi connectivity index (χ3n) is 3.98. The number of alkyl halides is 3. The van der Waals surface area contributed by atoms with Crippen LogP contribution in [-0.4, -0.2) is 44.5 Å². The van der Waals surface area contributed by atoms with E-state index in [0.29, 0.717) is 17.1 Å². The SMILES string of the molecule is COc1cc(CNC(=O)c2cccc(C(F)(F)F)c2)ccc1OCC(=O)N(C)C. The van der Waals surface area contributed by atoms with Crippen molar-refractivity contribution in [1.29, 1.82) is 0 Å². The van der Waals surface area contributed by atoms with Crippen LogP contribution in [0.4, 0.5) is 13.2 Å². The Labute approximate surface area is 166 Å². The summed E-state index contributed by atoms with van der Waals surface area (Å²) in [6.07, 6.45) is -4.52. The summed E-state index contributed by atoms with van der Waals surface area (Å²) in [6.45, 7) is -0.0860. The maximum atomic E-state index is 12.8. The van der Waals surface area contributed by atoms with Gasteiger partial charge in [-0.2, -0.15) is 13.2 Å². The molecule has 0 aliphatic rings. The third kappa shape index (κ3) is 6.13. The van der Waals surface area contributed by atoms with Crippen LogP contribution in [0.25, 0.3) is 0 Å². The number of likely N-dealkylation sites (N-methyl/N-ethyl adjacent to an activating group) is 1. The van der Waals surface area contributed by atoms with E-state index < -0.39 is 17.6 Å². The van der Waals surface area contributed by atoms with Crippen LogP contribution in [0.15, 0.2) is 42.5 Å². The van der Waals surface area contributed by atoms with Crippen LogP contribution in [0, 0.1) is 0 Å². The molecule has 0 aliphatic carbocycles. The van der Waals surface area contributed by atoms with Crippen molar-refractivity contribution in [2.75, 3.05) is 27.8 Å². The number of nitrogens with zero attached hydrogens (tertiary/aromatic N) is 1. The van der Waals surface area contributed by atoms with Crippen molar-refractivity contribution >= 4 is 11.8 Å². The Morgan fingerprint density at radius 3 is 2.41 bits per heavy atom. The van der Waals surface area contributed by atoms with Gasteiger partial charge in [-0.1, -0.05) is 12.1 Å². The van der Waals surface area contributed by atoms with Gasteiger partial charge in [-0.25, -0.2) is 0 Å². The first kappa shape index (κ1) is 22.1. The van der Waals surface area contributed by atoms with Gasteiger partial charge in [0.1, 0.15) is 0 Å². The minimum absolute atomic E-state index is 0.0718. The molecule has 0 aliphatic heterocycles. The summed E-state index contributed by atoms with van der Waals surface area (Å²) in [4.78, 5) is 25.2. The number of methoxy groups -OCH3 is 1. The number of rotatable bonds is 7. The quantitative estimate of drug-likeness (QED) is 0.762. The van der Waals surface area contributed by atoms with Crippen LogP contribution < -0.4 is 14.8 Å². The lowest BCUT2D eigenvalue weighted by Crippen LogP contribution is -2.27. The highest BCUT2D eigenvalue weighted by Crippen LogP contribution is 2.30. The Morgan fingerprint density at radius 1 is 1.07 bits per heavy atom. The van der Waals surface area contributed by atoms with E-state index in [9.17, 15) is 22.8 Å². The van der Waals surface area contributed by atoms with Gasteiger partial charge in [-0.05, 0) is 35.9 Å². The van der Waals surface area contributed by atoms with Crippen molar-refractivity contribution in [1.82, 2.24) is 10.2 Å². The topological polar surface area (TPSA) is 67.9 Å². The Kier molecular flexibility index (Phi) is 7.08. The smallest absolute Gasteiger partial charge is 0.416 e. The molecule has 0 saturated heterocycles. The normalized spacial score (nSPS) is 11.0. The molecule has 156 valence electrons. The molecule has 0 atom stereocenters. The zero-order valence-corrected chi connectivity index (χ0v) is 16.2. The van der Waals surface area contributed by atoms with Gasteiger partial charge in [0.05, 0.1) is 12.7 Å². The maximum Gasteiger partial charge on any atom is 0.416 e. The van der Waals surface area contributed by atoms with E-state index in [2.05, 4.69) is 5.32 Å². The molecular formula is C20H21F3N2O4. The number of hydrogen-bond acceptors (Lipinski definition) is 4. The van der Waals surface area contributed by atoms with Crippen molar-refractivity contribution in [3.05, 3.63) is 59.2 Å². The number of carbonyl (C=O) groups excluding carboxylic acids is 2. The van der Waals surface area contributed by atoms with Gasteiger partial charge in [0.2, 0.25) is 0 Å². The highest BCUT2D eigenvalue weighted by Gasteiger charge is 2.30. The Hall–Kier alpha value is -3.23. The Bertz CT molecular complexity index is 882. The predicted octanol–water partition coefficient (Wildman–Crippen LogP) is 3.11. The van der Waals surface area contributed by atoms with Gasteiger partial charge in [0, 0.05) is 26.2 Å². The highest BCUT2D eigenvalue weighted by atomic mass is 19.4. The minimum Gasteiger partial charge on any atom is -0.493 e. The molecule has 2 aromatic carbocycles. The zero-order valence-electron chi connectivity index (χ0n) is 16.2. The summed E-state index contributed by atoms with van der Waals surface area (Å²) in [5, 5.41) is 2.57. The molecule has 2 rings (SSSR count). The monoisotopic (exact) mass is 410 g/mol. The fourth-order valence-electron chi connectivity index (χ4n) is 2.33. The third-order valence-corrected chi connectivity index (χ3v) is 3.98. The molecule has 0 fully saturated rings. The maximum absolute atomic E-state index is 12.8. The van der Waals surface area contributed by atoms with Crippen LogP contribution in [0.1, 0.15) is 21.5 Å². The van der Waals surface area contributed by atoms with Crippen molar-refractivity contribution in [2.24, 2.45) is 0 Å². The van der Waals surface area contributed by atoms with Crippen molar-refractivity contribution in [3.63, 3.8) is 0 Å². The molecule has 0 saturated carbocycles. The number of amides is 2. The first-order chi connectivity index (χ1) is 13.6. The molecule has 0 radical (unpaired) electrons. The van der Waals surface area contributed by atoms with Crippen molar-refractivity contribution in [2.45, 2.75) is 12.7 Å². The molecule has 6 nitrogen and oxygen atoms in total. The average Bonchev–Trinajstić information content (AvgIpc) is 2.69. The average molecular weight is 410 g/mol. The second-order valence-electron chi connectivity index (χ2n) is 6.32. The Balaban J connectivity index is 2.03. The molecule has 1 N–H and O–H groups in total. The number of nitrogens with one attached hydrogen (secondary N) is 1. The van der Waals surface area contributed by atoms with E-state index in [-0.39, 0.29) is 24.6 Å². The summed E-state index contributed by atoms with van der Waals surface area (Å²) in [6, 6.07) is 9.06. The summed E-state index contributed by atoms with van der Waals surface area (Å²) in [7, 11) is 4.65. The van der Waals surface area contributed by atoms with Gasteiger partial charge < -0.3 is 19.7 Å². The molecule has 2 aromatic rings. The van der Waals surface area contributed by atoms with E-state index in [1.807, 2.05) is 0 Å². The number of benzene rings is 2. The van der Waals surface area contributed by atoms with Crippen LogP contribution in [0.3, 0.4) is 0 Å². The lowest BCUT2D eigenvalue weighted by atomic mass is 10.1. The number of ether oxygens (including phenoxy) is 2. The van der Waals surface area contributed by atoms with Gasteiger partial charge in [0.15, 0.2) is 18.1 Å². The highest BCUT2D eigenvalue weighted by molar-refractivity contribution is 5.94. The van der Waals surface area contributed by atoms with E-state index in [4.69, 9.17) is 9.47 Å². The lowest BCUT2D eigenvalue weighted by Gasteiger charge is -2.14. The van der Waals surface area contributed by atoms with Crippen molar-refractivity contribution in [3.8, 4) is 11.5 Å². The summed E-state index contributed by atoms with van der Waals surface area (Å²) >= 11 is 0. The molecule has 0 spiro atoms. The van der Waals surface area contributed by atoms with E-state index in [0.717, 1.165) is 12.1 Å². The van der Waals surface area contributed by atoms with Crippen LogP contribution in [-0.2, 0) is 17.5 Å². The molecule has 0 heterocycles. The van der Waals surface area contributed by atoms with E-state index >= 15 is 0 Å². The first-order valence-corrected chi connectivity index (χ1v) is 8.57. The molecule has 0 bridgehead atoms. The summed E-state index contributed by atoms with van der Waals surface area (Å²) < 4.78 is 49.0. The number of carbonyl (C=O) groups is 2. The molecule has 0 aromatic heterocycles. The van der Waals surface area contributed by atoms with Crippen molar-refractivity contribution < 1.29 is 32.2 Å². The van der Waals surface area contributed by atoms with Gasteiger partial charge in [0.25, 0.3) is 11.8 Å². The molecule has 9 heteroatoms. The molecular weight excluding hydrogens is 389 g/mol. The van der Waals surface area contributed by atoms with Gasteiger partial charge in [-0.15, -0.1) is 0 Å². The zero-order chi connectivity index (χ0) is 21.6. The Morgan fingerprint density at radius 2 is 1.79 bits per heavy atom.